The van der Waals surface area contributed by atoms with Crippen molar-refractivity contribution in [3.8, 4) is 11.5 Å². The molecule has 3 aromatic rings. The zero-order valence-electron chi connectivity index (χ0n) is 66.5. The highest BCUT2D eigenvalue weighted by Crippen LogP contribution is 2.39. The Morgan fingerprint density at radius 2 is 1.42 bits per heavy atom. The van der Waals surface area contributed by atoms with Crippen LogP contribution < -0.4 is 41.5 Å². The molecule has 0 aliphatic carbocycles. The largest absolute Gasteiger partial charge is 0.493 e. The number of rotatable bonds is 41. The maximum Gasteiger partial charge on any atom is 0.410 e. The first-order valence-electron chi connectivity index (χ1n) is 38.0. The van der Waals surface area contributed by atoms with E-state index in [-0.39, 0.29) is 118 Å². The molecule has 0 saturated carbocycles. The molecule has 6 rings (SSSR count). The van der Waals surface area contributed by atoms with Crippen LogP contribution in [-0.4, -0.2) is 202 Å². The van der Waals surface area contributed by atoms with E-state index >= 15 is 0 Å². The molecule has 0 spiro atoms. The monoisotopic (exact) mass is 1570 g/mol. The molecule has 29 nitrogen and oxygen atoms in total. The fourth-order valence-electron chi connectivity index (χ4n) is 13.3. The van der Waals surface area contributed by atoms with E-state index in [9.17, 15) is 62.6 Å². The number of nitrogens with zero attached hydrogens (tertiary/aromatic N) is 5. The van der Waals surface area contributed by atoms with Gasteiger partial charge in [-0.2, -0.15) is 5.10 Å². The number of methoxy groups -OCH3 is 1. The van der Waals surface area contributed by atoms with E-state index in [0.717, 1.165) is 6.42 Å². The van der Waals surface area contributed by atoms with Crippen LogP contribution in [0.4, 0.5) is 10.5 Å². The standard InChI is InChI=1S/C79H115N11O18S2/c1-17-49(8)59(33-34-64(93)89-39-21-25-60(89)72(104-16)50(9)73(98)80-51(10)71(97)54-23-19-18-20-24-54)87(14)77(102)69(47(4)5)84-76(101)70(48(6)7)88(15)78(103)107-45-53-27-29-55(30-28-53)82-74(99)52(11)81-75(100)68(46(2)3)83-62(91)38-42-109-110-79(12,13)44-63(92)86-85-58-37-41-106-61-43-56(31-32-57(58)61)105-40-22-26-67(96)108-90-65(94)35-36-66(90)95/h18-20,23-24,27-32,43,46-52,59-60,68-72,97H,17,21-22,25-26,33-42,44-45H2,1-16H3,(H,80,98)(H,81,100)(H,82,99)(H,83,91)(H,84,101)(H,86,92)/b85-58+/t49-,50+,51+,52-,59+,60-,68-,69-,70-,71+,72+/m0/s1. The van der Waals surface area contributed by atoms with Crippen LogP contribution in [0.25, 0.3) is 0 Å². The number of hydrazone groups is 1. The predicted octanol–water partition coefficient (Wildman–Crippen LogP) is 8.55. The van der Waals surface area contributed by atoms with Gasteiger partial charge in [-0.25, -0.2) is 15.0 Å². The summed E-state index contributed by atoms with van der Waals surface area (Å²) in [7, 11) is 7.52. The Hall–Kier alpha value is -8.81. The highest BCUT2D eigenvalue weighted by atomic mass is 33.1. The van der Waals surface area contributed by atoms with Crippen molar-refractivity contribution >= 4 is 104 Å². The van der Waals surface area contributed by atoms with E-state index in [1.165, 1.54) is 47.6 Å². The normalized spacial score (nSPS) is 17.4. The number of hydroxylamine groups is 2. The summed E-state index contributed by atoms with van der Waals surface area (Å²) in [4.78, 5) is 169. The van der Waals surface area contributed by atoms with Crippen LogP contribution in [0.2, 0.25) is 0 Å². The van der Waals surface area contributed by atoms with Gasteiger partial charge in [-0.15, -0.1) is 5.06 Å². The molecule has 110 heavy (non-hydrogen) atoms. The van der Waals surface area contributed by atoms with Crippen molar-refractivity contribution < 1.29 is 86.4 Å². The Balaban J connectivity index is 0.902. The van der Waals surface area contributed by atoms with Crippen molar-refractivity contribution in [2.45, 2.75) is 233 Å². The van der Waals surface area contributed by atoms with Gasteiger partial charge < -0.3 is 65.3 Å². The Kier molecular flexibility index (Phi) is 35.3. The molecule has 2 saturated heterocycles. The van der Waals surface area contributed by atoms with Gasteiger partial charge in [0.1, 0.15) is 42.3 Å². The average Bonchev–Trinajstić information content (AvgIpc) is 1.73. The van der Waals surface area contributed by atoms with Gasteiger partial charge in [-0.05, 0) is 112 Å². The lowest BCUT2D eigenvalue weighted by Crippen LogP contribution is -2.58. The summed E-state index contributed by atoms with van der Waals surface area (Å²) in [6, 6.07) is 15.4. The van der Waals surface area contributed by atoms with E-state index in [0.29, 0.717) is 89.2 Å². The Bertz CT molecular complexity index is 3680. The van der Waals surface area contributed by atoms with E-state index in [1.54, 1.807) is 113 Å². The first-order valence-corrected chi connectivity index (χ1v) is 40.3. The zero-order valence-corrected chi connectivity index (χ0v) is 68.1. The van der Waals surface area contributed by atoms with Crippen molar-refractivity contribution in [3.05, 3.63) is 89.5 Å². The second kappa shape index (κ2) is 43.1. The van der Waals surface area contributed by atoms with Crippen LogP contribution in [0.1, 0.15) is 190 Å². The van der Waals surface area contributed by atoms with Crippen LogP contribution in [0.15, 0.2) is 77.9 Å². The predicted molar refractivity (Wildman–Crippen MR) is 418 cm³/mol. The number of ether oxygens (including phenoxy) is 4. The van der Waals surface area contributed by atoms with Crippen LogP contribution in [0.3, 0.4) is 0 Å². The number of imide groups is 1. The van der Waals surface area contributed by atoms with Gasteiger partial charge in [0.2, 0.25) is 47.3 Å². The minimum Gasteiger partial charge on any atom is -0.493 e. The van der Waals surface area contributed by atoms with Crippen LogP contribution >= 0.6 is 21.6 Å². The van der Waals surface area contributed by atoms with Crippen molar-refractivity contribution in [3.63, 3.8) is 0 Å². The maximum atomic E-state index is 14.6. The molecule has 0 radical (unpaired) electrons. The molecule has 11 atom stereocenters. The molecule has 3 aromatic carbocycles. The van der Waals surface area contributed by atoms with Gasteiger partial charge in [0.15, 0.2) is 0 Å². The molecule has 3 aliphatic rings. The fourth-order valence-corrected chi connectivity index (χ4v) is 15.8. The zero-order chi connectivity index (χ0) is 81.3. The summed E-state index contributed by atoms with van der Waals surface area (Å²) < 4.78 is 22.7. The first kappa shape index (κ1) is 90.1. The van der Waals surface area contributed by atoms with Gasteiger partial charge in [-0.3, -0.25) is 52.8 Å². The Labute approximate surface area is 654 Å². The summed E-state index contributed by atoms with van der Waals surface area (Å²) in [6.07, 6.45) is 1.03. The SMILES string of the molecule is CC[C@H](C)[C@@H](CCC(=O)N1CCC[C@H]1[C@H](OC)[C@@H](C)C(=O)N[C@H](C)[C@@H](O)c1ccccc1)N(C)C(=O)[C@@H](NC(=O)[C@H](C(C)C)N(C)C(=O)OCc1ccc(NC(=O)[C@H](C)NC(=O)[C@@H](NC(=O)CCSSC(C)(C)CC(=O)N/N=C2\CCOc3cc(OCCCC(=O)ON4C(=O)CCC4=O)ccc32)C(C)C)cc1)C(C)C. The minimum atomic E-state index is -1.04. The second-order valence-electron chi connectivity index (χ2n) is 30.1. The van der Waals surface area contributed by atoms with Gasteiger partial charge in [0.05, 0.1) is 55.6 Å². The van der Waals surface area contributed by atoms with Crippen molar-refractivity contribution in [1.29, 1.82) is 0 Å². The lowest BCUT2D eigenvalue weighted by atomic mass is 9.91. The quantitative estimate of drug-likeness (QED) is 0.0121. The number of carbonyl (C=O) groups is 12. The van der Waals surface area contributed by atoms with Gasteiger partial charge in [0.25, 0.3) is 11.8 Å². The number of anilines is 1. The van der Waals surface area contributed by atoms with Crippen molar-refractivity contribution in [2.24, 2.45) is 34.7 Å². The molecule has 2 fully saturated rings. The molecule has 31 heteroatoms. The summed E-state index contributed by atoms with van der Waals surface area (Å²) in [6.45, 7) is 24.4. The summed E-state index contributed by atoms with van der Waals surface area (Å²) in [5.74, 6) is -5.36. The van der Waals surface area contributed by atoms with Crippen molar-refractivity contribution in [2.75, 3.05) is 52.0 Å². The molecule has 0 unspecified atom stereocenters. The van der Waals surface area contributed by atoms with E-state index < -0.39 is 101 Å². The van der Waals surface area contributed by atoms with Crippen LogP contribution in [0.5, 0.6) is 11.5 Å². The lowest BCUT2D eigenvalue weighted by Gasteiger charge is -2.38. The van der Waals surface area contributed by atoms with Crippen molar-refractivity contribution in [1.82, 2.24) is 46.5 Å². The number of hydrogen-bond acceptors (Lipinski definition) is 21. The summed E-state index contributed by atoms with van der Waals surface area (Å²) >= 11 is 0. The second-order valence-corrected chi connectivity index (χ2v) is 33.2. The van der Waals surface area contributed by atoms with E-state index in [1.807, 2.05) is 59.7 Å². The third-order valence-corrected chi connectivity index (χ3v) is 23.1. The maximum absolute atomic E-state index is 14.6. The number of aliphatic hydroxyl groups is 1. The smallest absolute Gasteiger partial charge is 0.410 e. The van der Waals surface area contributed by atoms with Crippen LogP contribution in [0, 0.1) is 29.6 Å². The molecule has 3 aliphatic heterocycles. The number of benzene rings is 3. The third kappa shape index (κ3) is 26.4. The summed E-state index contributed by atoms with van der Waals surface area (Å²) in [5, 5.41) is 30.0. The Morgan fingerprint density at radius 3 is 2.05 bits per heavy atom. The molecule has 11 amide bonds. The molecule has 0 aromatic heterocycles. The average molecular weight is 1570 g/mol. The number of hydrogen-bond donors (Lipinski definition) is 7. The number of amides is 11. The molecular formula is C79H115N11O18S2. The summed E-state index contributed by atoms with van der Waals surface area (Å²) in [5.41, 5.74) is 5.58. The number of carbonyl (C=O) groups excluding carboxylic acids is 12. The van der Waals surface area contributed by atoms with Gasteiger partial charge in [-0.1, -0.05) is 133 Å². The highest BCUT2D eigenvalue weighted by Gasteiger charge is 2.43. The minimum absolute atomic E-state index is 0.00958. The number of likely N-dealkylation sites (N-methyl/N-ethyl adjacent to an activating group) is 2. The first-order chi connectivity index (χ1) is 52.1. The highest BCUT2D eigenvalue weighted by molar-refractivity contribution is 8.77. The van der Waals surface area contributed by atoms with E-state index in [2.05, 4.69) is 37.1 Å². The number of fused-ring (bicyclic) bond motifs is 1. The topological polar surface area (TPSA) is 369 Å². The molecule has 7 N–H and O–H groups in total. The fraction of sp³-hybridized carbons (Fsp3) is 0.608. The number of likely N-dealkylation sites (tertiary alicyclic amines) is 1. The third-order valence-electron chi connectivity index (χ3n) is 19.9. The van der Waals surface area contributed by atoms with E-state index in [4.69, 9.17) is 23.8 Å². The molecule has 606 valence electrons. The number of nitrogens with one attached hydrogen (secondary N) is 6. The van der Waals surface area contributed by atoms with Gasteiger partial charge in [0, 0.05) is 100 Å². The molecule has 3 heterocycles. The molecular weight excluding hydrogens is 1460 g/mol. The van der Waals surface area contributed by atoms with Crippen LogP contribution in [-0.2, 0) is 73.7 Å². The molecule has 0 bridgehead atoms. The van der Waals surface area contributed by atoms with Gasteiger partial charge >= 0.3 is 12.1 Å². The Morgan fingerprint density at radius 1 is 0.745 bits per heavy atom. The number of aliphatic hydroxyl groups excluding tert-OH is 1. The lowest BCUT2D eigenvalue weighted by molar-refractivity contribution is -0.197.